The topological polar surface area (TPSA) is 70.1 Å². The third-order valence-corrected chi connectivity index (χ3v) is 2.59. The molecule has 0 saturated carbocycles. The van der Waals surface area contributed by atoms with E-state index in [1.165, 1.54) is 16.9 Å². The van der Waals surface area contributed by atoms with Gasteiger partial charge in [-0.3, -0.25) is 4.68 Å². The molecule has 2 aromatic rings. The van der Waals surface area contributed by atoms with Crippen LogP contribution in [0.5, 0.6) is 0 Å². The summed E-state index contributed by atoms with van der Waals surface area (Å²) in [6.07, 6.45) is 1.44. The first-order chi connectivity index (χ1) is 9.51. The number of nitrogen functional groups attached to an aromatic ring is 1. The molecule has 1 aromatic heterocycles. The molecule has 5 nitrogen and oxygen atoms in total. The number of nitrogens with zero attached hydrogens (tertiary/aromatic N) is 2. The number of rotatable bonds is 4. The molecule has 1 aromatic carbocycles. The van der Waals surface area contributed by atoms with Crippen LogP contribution in [0.1, 0.15) is 23.0 Å². The molecule has 0 bridgehead atoms. The van der Waals surface area contributed by atoms with Crippen molar-refractivity contribution in [3.8, 4) is 0 Å². The zero-order valence-corrected chi connectivity index (χ0v) is 10.8. The molecule has 0 amide bonds. The van der Waals surface area contributed by atoms with E-state index in [0.717, 1.165) is 12.1 Å². The molecule has 106 valence electrons. The number of hydrogen-bond donors (Lipinski definition) is 1. The molecule has 0 aliphatic rings. The van der Waals surface area contributed by atoms with Gasteiger partial charge in [0.05, 0.1) is 18.8 Å². The van der Waals surface area contributed by atoms with Crippen molar-refractivity contribution >= 4 is 11.7 Å². The number of aromatic nitrogens is 2. The Morgan fingerprint density at radius 1 is 1.40 bits per heavy atom. The number of esters is 1. The van der Waals surface area contributed by atoms with Gasteiger partial charge in [-0.25, -0.2) is 13.6 Å². The fourth-order valence-corrected chi connectivity index (χ4v) is 1.70. The summed E-state index contributed by atoms with van der Waals surface area (Å²) in [5.41, 5.74) is 6.34. The van der Waals surface area contributed by atoms with Crippen molar-refractivity contribution in [3.63, 3.8) is 0 Å². The molecular formula is C13H13F2N3O2. The maximum atomic E-state index is 13.1. The third-order valence-electron chi connectivity index (χ3n) is 2.59. The van der Waals surface area contributed by atoms with E-state index in [2.05, 4.69) is 5.10 Å². The molecule has 0 fully saturated rings. The predicted octanol–water partition coefficient (Wildman–Crippen LogP) is 1.97. The standard InChI is InChI=1S/C13H13F2N3O2/c1-2-20-13(19)12-11(16)7-18(17-12)6-8-3-4-9(14)10(15)5-8/h3-5,7H,2,6,16H2,1H3. The zero-order chi connectivity index (χ0) is 14.7. The Hall–Kier alpha value is -2.44. The summed E-state index contributed by atoms with van der Waals surface area (Å²) in [6.45, 7) is 2.06. The smallest absolute Gasteiger partial charge is 0.361 e. The average Bonchev–Trinajstić information content (AvgIpc) is 2.75. The van der Waals surface area contributed by atoms with Crippen LogP contribution < -0.4 is 5.73 Å². The number of benzene rings is 1. The van der Waals surface area contributed by atoms with Crippen LogP contribution in [0, 0.1) is 11.6 Å². The van der Waals surface area contributed by atoms with Crippen molar-refractivity contribution in [1.82, 2.24) is 9.78 Å². The number of halogens is 2. The van der Waals surface area contributed by atoms with E-state index in [1.807, 2.05) is 0 Å². The summed E-state index contributed by atoms with van der Waals surface area (Å²) in [5.74, 6) is -2.47. The second kappa shape index (κ2) is 5.68. The minimum Gasteiger partial charge on any atom is -0.461 e. The van der Waals surface area contributed by atoms with Crippen LogP contribution in [-0.4, -0.2) is 22.4 Å². The van der Waals surface area contributed by atoms with E-state index in [9.17, 15) is 13.6 Å². The minimum atomic E-state index is -0.937. The number of hydrogen-bond acceptors (Lipinski definition) is 4. The molecule has 0 unspecified atom stereocenters. The molecule has 0 spiro atoms. The first-order valence-electron chi connectivity index (χ1n) is 5.95. The van der Waals surface area contributed by atoms with Gasteiger partial charge in [0.2, 0.25) is 0 Å². The molecule has 20 heavy (non-hydrogen) atoms. The fourth-order valence-electron chi connectivity index (χ4n) is 1.70. The highest BCUT2D eigenvalue weighted by molar-refractivity contribution is 5.92. The first kappa shape index (κ1) is 14.0. The minimum absolute atomic E-state index is 0.00873. The summed E-state index contributed by atoms with van der Waals surface area (Å²) in [6, 6.07) is 3.53. The van der Waals surface area contributed by atoms with Gasteiger partial charge in [-0.05, 0) is 24.6 Å². The van der Waals surface area contributed by atoms with Crippen molar-refractivity contribution in [2.75, 3.05) is 12.3 Å². The fraction of sp³-hybridized carbons (Fsp3) is 0.231. The van der Waals surface area contributed by atoms with Gasteiger partial charge in [0.25, 0.3) is 0 Å². The van der Waals surface area contributed by atoms with Gasteiger partial charge in [0.15, 0.2) is 17.3 Å². The Kier molecular flexibility index (Phi) is 3.97. The quantitative estimate of drug-likeness (QED) is 0.870. The molecule has 0 aliphatic heterocycles. The Balaban J connectivity index is 2.20. The molecule has 2 rings (SSSR count). The van der Waals surface area contributed by atoms with Crippen LogP contribution in [-0.2, 0) is 11.3 Å². The summed E-state index contributed by atoms with van der Waals surface area (Å²) in [5, 5.41) is 3.98. The molecule has 0 saturated heterocycles. The van der Waals surface area contributed by atoms with Crippen molar-refractivity contribution in [2.45, 2.75) is 13.5 Å². The monoisotopic (exact) mass is 281 g/mol. The third kappa shape index (κ3) is 2.93. The Morgan fingerprint density at radius 2 is 2.15 bits per heavy atom. The molecule has 7 heteroatoms. The van der Waals surface area contributed by atoms with Gasteiger partial charge >= 0.3 is 5.97 Å². The molecule has 2 N–H and O–H groups in total. The predicted molar refractivity (Wildman–Crippen MR) is 68.1 cm³/mol. The van der Waals surface area contributed by atoms with Gasteiger partial charge in [-0.15, -0.1) is 0 Å². The van der Waals surface area contributed by atoms with Crippen molar-refractivity contribution < 1.29 is 18.3 Å². The van der Waals surface area contributed by atoms with Crippen LogP contribution in [0.15, 0.2) is 24.4 Å². The van der Waals surface area contributed by atoms with E-state index < -0.39 is 17.6 Å². The van der Waals surface area contributed by atoms with E-state index >= 15 is 0 Å². The highest BCUT2D eigenvalue weighted by Crippen LogP contribution is 2.14. The van der Waals surface area contributed by atoms with Gasteiger partial charge in [0.1, 0.15) is 0 Å². The SMILES string of the molecule is CCOC(=O)c1nn(Cc2ccc(F)c(F)c2)cc1N. The highest BCUT2D eigenvalue weighted by Gasteiger charge is 2.16. The van der Waals surface area contributed by atoms with Gasteiger partial charge in [0, 0.05) is 6.20 Å². The molecule has 1 heterocycles. The van der Waals surface area contributed by atoms with Crippen LogP contribution >= 0.6 is 0 Å². The lowest BCUT2D eigenvalue weighted by atomic mass is 10.2. The van der Waals surface area contributed by atoms with E-state index in [0.29, 0.717) is 5.56 Å². The Morgan fingerprint density at radius 3 is 2.80 bits per heavy atom. The average molecular weight is 281 g/mol. The number of nitrogens with two attached hydrogens (primary N) is 1. The van der Waals surface area contributed by atoms with Gasteiger partial charge < -0.3 is 10.5 Å². The second-order valence-electron chi connectivity index (χ2n) is 4.10. The normalized spacial score (nSPS) is 10.6. The van der Waals surface area contributed by atoms with Gasteiger partial charge in [-0.1, -0.05) is 6.07 Å². The van der Waals surface area contributed by atoms with Crippen LogP contribution in [0.25, 0.3) is 0 Å². The Bertz CT molecular complexity index is 641. The molecule has 0 aliphatic carbocycles. The van der Waals surface area contributed by atoms with Crippen molar-refractivity contribution in [3.05, 3.63) is 47.3 Å². The summed E-state index contributed by atoms with van der Waals surface area (Å²) in [7, 11) is 0. The van der Waals surface area contributed by atoms with Crippen LogP contribution in [0.2, 0.25) is 0 Å². The molecule has 0 radical (unpaired) electrons. The lowest BCUT2D eigenvalue weighted by Gasteiger charge is -2.02. The lowest BCUT2D eigenvalue weighted by Crippen LogP contribution is -2.09. The van der Waals surface area contributed by atoms with Crippen LogP contribution in [0.4, 0.5) is 14.5 Å². The second-order valence-corrected chi connectivity index (χ2v) is 4.10. The lowest BCUT2D eigenvalue weighted by molar-refractivity contribution is 0.0519. The number of carbonyl (C=O) groups is 1. The maximum Gasteiger partial charge on any atom is 0.361 e. The number of ether oxygens (including phenoxy) is 1. The van der Waals surface area contributed by atoms with Crippen molar-refractivity contribution in [2.24, 2.45) is 0 Å². The summed E-state index contributed by atoms with van der Waals surface area (Å²) >= 11 is 0. The van der Waals surface area contributed by atoms with Gasteiger partial charge in [-0.2, -0.15) is 5.10 Å². The number of anilines is 1. The molecule has 0 atom stereocenters. The zero-order valence-electron chi connectivity index (χ0n) is 10.8. The first-order valence-corrected chi connectivity index (χ1v) is 5.95. The summed E-state index contributed by atoms with van der Waals surface area (Å²) in [4.78, 5) is 11.5. The van der Waals surface area contributed by atoms with E-state index in [4.69, 9.17) is 10.5 Å². The maximum absolute atomic E-state index is 13.1. The Labute approximate surface area is 114 Å². The van der Waals surface area contributed by atoms with E-state index in [-0.39, 0.29) is 24.5 Å². The highest BCUT2D eigenvalue weighted by atomic mass is 19.2. The largest absolute Gasteiger partial charge is 0.461 e. The summed E-state index contributed by atoms with van der Waals surface area (Å²) < 4.78 is 32.1. The van der Waals surface area contributed by atoms with Crippen LogP contribution in [0.3, 0.4) is 0 Å². The van der Waals surface area contributed by atoms with Crippen molar-refractivity contribution in [1.29, 1.82) is 0 Å². The number of carbonyl (C=O) groups excluding carboxylic acids is 1. The molecular weight excluding hydrogens is 268 g/mol. The van der Waals surface area contributed by atoms with E-state index in [1.54, 1.807) is 6.92 Å².